The number of allylic oxidation sites excluding steroid dienone is 2. The van der Waals surface area contributed by atoms with E-state index in [1.54, 1.807) is 0 Å². The van der Waals surface area contributed by atoms with Crippen molar-refractivity contribution in [3.8, 4) is 0 Å². The molecule has 2 atom stereocenters. The molecular formula is C26H30N2O4. The van der Waals surface area contributed by atoms with E-state index in [1.165, 1.54) is 0 Å². The van der Waals surface area contributed by atoms with Gasteiger partial charge in [0, 0.05) is 43.9 Å². The first kappa shape index (κ1) is 22.2. The summed E-state index contributed by atoms with van der Waals surface area (Å²) in [5, 5.41) is 15.0. The number of aliphatic hydroxyl groups is 1. The van der Waals surface area contributed by atoms with Crippen molar-refractivity contribution >= 4 is 17.3 Å². The van der Waals surface area contributed by atoms with Crippen molar-refractivity contribution in [3.63, 3.8) is 0 Å². The number of aryl methyl sites for hydroxylation is 2. The highest BCUT2D eigenvalue weighted by molar-refractivity contribution is 6.24. The fourth-order valence-electron chi connectivity index (χ4n) is 4.57. The predicted molar refractivity (Wildman–Crippen MR) is 122 cm³/mol. The third kappa shape index (κ3) is 4.59. The maximum atomic E-state index is 13.2. The number of fused-ring (bicyclic) bond motifs is 1. The van der Waals surface area contributed by atoms with Crippen LogP contribution in [0.25, 0.3) is 0 Å². The minimum Gasteiger partial charge on any atom is -0.511 e. The Bertz CT molecular complexity index is 1060. The summed E-state index contributed by atoms with van der Waals surface area (Å²) in [4.78, 5) is 30.3. The molecule has 1 heterocycles. The smallest absolute Gasteiger partial charge is 0.168 e. The number of hydrogen-bond acceptors (Lipinski definition) is 6. The second kappa shape index (κ2) is 9.63. The van der Waals surface area contributed by atoms with E-state index in [2.05, 4.69) is 12.1 Å². The molecule has 4 rings (SSSR count). The van der Waals surface area contributed by atoms with Gasteiger partial charge in [-0.2, -0.15) is 0 Å². The first-order chi connectivity index (χ1) is 15.5. The van der Waals surface area contributed by atoms with Crippen molar-refractivity contribution in [2.45, 2.75) is 77.2 Å². The van der Waals surface area contributed by atoms with Gasteiger partial charge in [-0.25, -0.2) is 0 Å². The van der Waals surface area contributed by atoms with Crippen LogP contribution in [0.4, 0.5) is 0 Å². The summed E-state index contributed by atoms with van der Waals surface area (Å²) < 4.78 is 5.35. The monoisotopic (exact) mass is 434 g/mol. The largest absolute Gasteiger partial charge is 0.511 e. The molecule has 1 aromatic heterocycles. The number of aliphatic imine (C=N–C) groups is 1. The maximum absolute atomic E-state index is 13.2. The van der Waals surface area contributed by atoms with Crippen LogP contribution in [0.3, 0.4) is 0 Å². The number of aliphatic hydroxyl groups excluding tert-OH is 1. The highest BCUT2D eigenvalue weighted by Crippen LogP contribution is 2.34. The lowest BCUT2D eigenvalue weighted by Crippen LogP contribution is -2.27. The van der Waals surface area contributed by atoms with Gasteiger partial charge in [0.25, 0.3) is 0 Å². The highest BCUT2D eigenvalue weighted by atomic mass is 16.5. The molecule has 2 unspecified atom stereocenters. The van der Waals surface area contributed by atoms with E-state index in [9.17, 15) is 14.7 Å². The molecule has 6 heteroatoms. The molecule has 0 spiro atoms. The van der Waals surface area contributed by atoms with Gasteiger partial charge in [-0.05, 0) is 37.7 Å². The molecule has 168 valence electrons. The van der Waals surface area contributed by atoms with Crippen LogP contribution in [0, 0.1) is 0 Å². The van der Waals surface area contributed by atoms with E-state index in [1.807, 2.05) is 37.3 Å². The number of aromatic nitrogens is 1. The quantitative estimate of drug-likeness (QED) is 0.490. The summed E-state index contributed by atoms with van der Waals surface area (Å²) in [7, 11) is 0. The second-order valence-electron chi connectivity index (χ2n) is 8.80. The summed E-state index contributed by atoms with van der Waals surface area (Å²) in [6.45, 7) is 4.08. The van der Waals surface area contributed by atoms with Crippen molar-refractivity contribution < 1.29 is 19.2 Å². The minimum absolute atomic E-state index is 0.0311. The van der Waals surface area contributed by atoms with Gasteiger partial charge >= 0.3 is 0 Å². The second-order valence-corrected chi connectivity index (χ2v) is 8.80. The summed E-state index contributed by atoms with van der Waals surface area (Å²) in [6, 6.07) is 10.1. The number of Topliss-reactive ketones (excluding diaryl/α,β-unsaturated/α-hetero) is 2. The molecule has 32 heavy (non-hydrogen) atoms. The highest BCUT2D eigenvalue weighted by Gasteiger charge is 2.33. The third-order valence-corrected chi connectivity index (χ3v) is 6.48. The number of ketones is 2. The standard InChI is InChI=1S/C26H30N2O4/c1-3-16(2)27-20-14-18(17-8-5-4-6-9-17)15-23(31)25(20)22(30)13-12-19-26-21(29)10-7-11-24(26)32-28-19/h4-6,8-9,16,18,30H,3,7,10-15H2,1-2H3/b25-22-,27-20?. The summed E-state index contributed by atoms with van der Waals surface area (Å²) in [5.74, 6) is 0.699. The zero-order valence-corrected chi connectivity index (χ0v) is 18.8. The number of carbonyl (C=O) groups is 2. The van der Waals surface area contributed by atoms with E-state index in [0.29, 0.717) is 60.4 Å². The Kier molecular flexibility index (Phi) is 6.68. The van der Waals surface area contributed by atoms with E-state index in [4.69, 9.17) is 9.52 Å². The van der Waals surface area contributed by atoms with Gasteiger partial charge in [0.15, 0.2) is 11.6 Å². The van der Waals surface area contributed by atoms with Gasteiger partial charge in [0.1, 0.15) is 11.5 Å². The molecule has 1 N–H and O–H groups in total. The van der Waals surface area contributed by atoms with Crippen LogP contribution in [-0.2, 0) is 17.6 Å². The molecule has 0 radical (unpaired) electrons. The molecule has 1 fully saturated rings. The lowest BCUT2D eigenvalue weighted by atomic mass is 9.78. The minimum atomic E-state index is -0.0806. The molecule has 2 aliphatic rings. The van der Waals surface area contributed by atoms with Gasteiger partial charge in [-0.3, -0.25) is 14.6 Å². The van der Waals surface area contributed by atoms with E-state index in [-0.39, 0.29) is 35.7 Å². The molecule has 2 aliphatic carbocycles. The van der Waals surface area contributed by atoms with Gasteiger partial charge < -0.3 is 9.63 Å². The van der Waals surface area contributed by atoms with Crippen molar-refractivity contribution in [1.82, 2.24) is 5.16 Å². The number of hydrogen-bond donors (Lipinski definition) is 1. The van der Waals surface area contributed by atoms with E-state index in [0.717, 1.165) is 18.4 Å². The number of benzene rings is 1. The molecular weight excluding hydrogens is 404 g/mol. The van der Waals surface area contributed by atoms with Gasteiger partial charge in [-0.1, -0.05) is 42.4 Å². The molecule has 0 saturated heterocycles. The number of nitrogens with zero attached hydrogens (tertiary/aromatic N) is 2. The molecule has 2 aromatic rings. The van der Waals surface area contributed by atoms with Crippen molar-refractivity contribution in [2.24, 2.45) is 4.99 Å². The van der Waals surface area contributed by atoms with Gasteiger partial charge in [0.2, 0.25) is 0 Å². The maximum Gasteiger partial charge on any atom is 0.168 e. The molecule has 0 aliphatic heterocycles. The average molecular weight is 435 g/mol. The van der Waals surface area contributed by atoms with Crippen LogP contribution in [0.2, 0.25) is 0 Å². The van der Waals surface area contributed by atoms with Crippen LogP contribution < -0.4 is 0 Å². The third-order valence-electron chi connectivity index (χ3n) is 6.48. The zero-order chi connectivity index (χ0) is 22.7. The first-order valence-electron chi connectivity index (χ1n) is 11.6. The molecule has 1 aromatic carbocycles. The lowest BCUT2D eigenvalue weighted by molar-refractivity contribution is -0.116. The van der Waals surface area contributed by atoms with Crippen LogP contribution in [0.5, 0.6) is 0 Å². The Labute approximate surface area is 188 Å². The number of rotatable bonds is 6. The average Bonchev–Trinajstić information content (AvgIpc) is 3.22. The SMILES string of the molecule is CCC(C)N=C1CC(c2ccccc2)CC(=O)/C1=C(\O)CCc1noc2c1C(=O)CCC2. The zero-order valence-electron chi connectivity index (χ0n) is 18.8. The lowest BCUT2D eigenvalue weighted by Gasteiger charge is -2.26. The first-order valence-corrected chi connectivity index (χ1v) is 11.6. The Hall–Kier alpha value is -3.02. The Morgan fingerprint density at radius 2 is 1.97 bits per heavy atom. The van der Waals surface area contributed by atoms with Crippen molar-refractivity contribution in [2.75, 3.05) is 0 Å². The summed E-state index contributed by atoms with van der Waals surface area (Å²) in [6.07, 6.45) is 4.40. The van der Waals surface area contributed by atoms with Crippen molar-refractivity contribution in [3.05, 3.63) is 64.2 Å². The Morgan fingerprint density at radius 1 is 1.19 bits per heavy atom. The number of carbonyl (C=O) groups excluding carboxylic acids is 2. The predicted octanol–water partition coefficient (Wildman–Crippen LogP) is 5.32. The Balaban J connectivity index is 1.59. The van der Waals surface area contributed by atoms with Gasteiger partial charge in [0.05, 0.1) is 16.8 Å². The van der Waals surface area contributed by atoms with Gasteiger partial charge in [-0.15, -0.1) is 0 Å². The van der Waals surface area contributed by atoms with Crippen LogP contribution >= 0.6 is 0 Å². The van der Waals surface area contributed by atoms with E-state index >= 15 is 0 Å². The summed E-state index contributed by atoms with van der Waals surface area (Å²) in [5.41, 5.74) is 3.29. The fraction of sp³-hybridized carbons (Fsp3) is 0.462. The fourth-order valence-corrected chi connectivity index (χ4v) is 4.57. The van der Waals surface area contributed by atoms with Crippen LogP contribution in [0.1, 0.15) is 85.7 Å². The molecule has 0 bridgehead atoms. The molecule has 6 nitrogen and oxygen atoms in total. The topological polar surface area (TPSA) is 92.8 Å². The van der Waals surface area contributed by atoms with E-state index < -0.39 is 0 Å². The summed E-state index contributed by atoms with van der Waals surface area (Å²) >= 11 is 0. The van der Waals surface area contributed by atoms with Crippen LogP contribution in [-0.4, -0.2) is 33.6 Å². The molecule has 1 saturated carbocycles. The van der Waals surface area contributed by atoms with Crippen molar-refractivity contribution in [1.29, 1.82) is 0 Å². The molecule has 0 amide bonds. The van der Waals surface area contributed by atoms with Crippen LogP contribution in [0.15, 0.2) is 51.2 Å². The normalized spacial score (nSPS) is 22.7. The Morgan fingerprint density at radius 3 is 2.72 bits per heavy atom.